The molecule has 0 spiro atoms. The van der Waals surface area contributed by atoms with Crippen molar-refractivity contribution in [2.24, 2.45) is 5.92 Å². The summed E-state index contributed by atoms with van der Waals surface area (Å²) in [6.07, 6.45) is 0.619. The lowest BCUT2D eigenvalue weighted by Gasteiger charge is -2.17. The molecule has 1 unspecified atom stereocenters. The lowest BCUT2D eigenvalue weighted by molar-refractivity contribution is 0.430. The summed E-state index contributed by atoms with van der Waals surface area (Å²) in [6, 6.07) is 5.82. The average molecular weight is 320 g/mol. The first-order chi connectivity index (χ1) is 9.10. The van der Waals surface area contributed by atoms with Gasteiger partial charge in [0.1, 0.15) is 0 Å². The minimum Gasteiger partial charge on any atom is -0.198 e. The molecule has 0 aliphatic heterocycles. The van der Waals surface area contributed by atoms with E-state index in [-0.39, 0.29) is 10.8 Å². The number of benzene rings is 1. The van der Waals surface area contributed by atoms with Gasteiger partial charge in [-0.05, 0) is 31.9 Å². The highest BCUT2D eigenvalue weighted by Gasteiger charge is 2.32. The standard InChI is InChI=1S/C13H20O5S2/c1-5-11(3)12(4)19(14,15)18-20(16,17)13-8-6-10(2)7-9-13/h6-9,11-12H,5H2,1-4H3/t11-,12?/m1/s1. The molecule has 1 aromatic carbocycles. The second-order valence-corrected chi connectivity index (χ2v) is 8.57. The topological polar surface area (TPSA) is 77.5 Å². The molecule has 0 saturated carbocycles. The maximum Gasteiger partial charge on any atom is 0.311 e. The summed E-state index contributed by atoms with van der Waals surface area (Å²) in [5, 5.41) is -0.882. The summed E-state index contributed by atoms with van der Waals surface area (Å²) in [5.74, 6) is -0.187. The first-order valence-corrected chi connectivity index (χ1v) is 9.24. The second kappa shape index (κ2) is 6.24. The van der Waals surface area contributed by atoms with Crippen molar-refractivity contribution in [1.82, 2.24) is 0 Å². The Morgan fingerprint density at radius 3 is 2.00 bits per heavy atom. The maximum absolute atomic E-state index is 12.0. The lowest BCUT2D eigenvalue weighted by atomic mass is 10.1. The van der Waals surface area contributed by atoms with Crippen LogP contribution in [0.15, 0.2) is 29.2 Å². The van der Waals surface area contributed by atoms with Gasteiger partial charge >= 0.3 is 10.1 Å². The van der Waals surface area contributed by atoms with Gasteiger partial charge in [-0.15, -0.1) is 3.63 Å². The van der Waals surface area contributed by atoms with Crippen molar-refractivity contribution < 1.29 is 20.5 Å². The maximum atomic E-state index is 12.0. The molecule has 2 atom stereocenters. The van der Waals surface area contributed by atoms with Gasteiger partial charge in [-0.2, -0.15) is 16.8 Å². The van der Waals surface area contributed by atoms with Crippen LogP contribution in [0.3, 0.4) is 0 Å². The van der Waals surface area contributed by atoms with Crippen LogP contribution in [-0.4, -0.2) is 22.1 Å². The van der Waals surface area contributed by atoms with E-state index in [0.717, 1.165) is 5.56 Å². The summed E-state index contributed by atoms with van der Waals surface area (Å²) < 4.78 is 52.4. The van der Waals surface area contributed by atoms with Crippen LogP contribution >= 0.6 is 0 Å². The van der Waals surface area contributed by atoms with Crippen LogP contribution in [0.4, 0.5) is 0 Å². The molecule has 0 radical (unpaired) electrons. The Kier molecular flexibility index (Phi) is 5.34. The van der Waals surface area contributed by atoms with Crippen molar-refractivity contribution in [3.63, 3.8) is 0 Å². The van der Waals surface area contributed by atoms with Crippen molar-refractivity contribution >= 4 is 20.2 Å². The summed E-state index contributed by atoms with van der Waals surface area (Å²) in [6.45, 7) is 6.84. The summed E-state index contributed by atoms with van der Waals surface area (Å²) >= 11 is 0. The molecule has 0 aliphatic carbocycles. The third kappa shape index (κ3) is 4.04. The van der Waals surface area contributed by atoms with Gasteiger partial charge in [0.05, 0.1) is 10.1 Å². The van der Waals surface area contributed by atoms with Crippen LogP contribution in [0.5, 0.6) is 0 Å². The molecular formula is C13H20O5S2. The Bertz CT molecular complexity index is 645. The lowest BCUT2D eigenvalue weighted by Crippen LogP contribution is -2.28. The van der Waals surface area contributed by atoms with E-state index in [0.29, 0.717) is 6.42 Å². The van der Waals surface area contributed by atoms with Crippen LogP contribution in [0.2, 0.25) is 0 Å². The molecule has 114 valence electrons. The Morgan fingerprint density at radius 1 is 1.05 bits per heavy atom. The van der Waals surface area contributed by atoms with E-state index in [1.54, 1.807) is 26.0 Å². The van der Waals surface area contributed by atoms with Crippen LogP contribution in [0, 0.1) is 12.8 Å². The number of hydrogen-bond acceptors (Lipinski definition) is 5. The fraction of sp³-hybridized carbons (Fsp3) is 0.538. The van der Waals surface area contributed by atoms with Crippen LogP contribution < -0.4 is 0 Å². The van der Waals surface area contributed by atoms with Gasteiger partial charge in [0, 0.05) is 0 Å². The molecule has 5 nitrogen and oxygen atoms in total. The third-order valence-corrected chi connectivity index (χ3v) is 7.09. The first kappa shape index (κ1) is 17.1. The SMILES string of the molecule is CC[C@@H](C)C(C)S(=O)(=O)OS(=O)(=O)c1ccc(C)cc1. The van der Waals surface area contributed by atoms with Gasteiger partial charge < -0.3 is 0 Å². The third-order valence-electron chi connectivity index (χ3n) is 3.39. The van der Waals surface area contributed by atoms with Crippen molar-refractivity contribution in [3.05, 3.63) is 29.8 Å². The quantitative estimate of drug-likeness (QED) is 0.804. The van der Waals surface area contributed by atoms with Gasteiger partial charge in [0.2, 0.25) is 0 Å². The van der Waals surface area contributed by atoms with Gasteiger partial charge in [0.15, 0.2) is 0 Å². The summed E-state index contributed by atoms with van der Waals surface area (Å²) in [4.78, 5) is -0.164. The molecule has 0 aliphatic rings. The number of aryl methyl sites for hydroxylation is 1. The monoisotopic (exact) mass is 320 g/mol. The van der Waals surface area contributed by atoms with Gasteiger partial charge in [-0.3, -0.25) is 0 Å². The minimum atomic E-state index is -4.31. The van der Waals surface area contributed by atoms with E-state index < -0.39 is 25.5 Å². The Hall–Kier alpha value is -0.920. The van der Waals surface area contributed by atoms with E-state index in [9.17, 15) is 16.8 Å². The van der Waals surface area contributed by atoms with E-state index in [4.69, 9.17) is 0 Å². The predicted octanol–water partition coefficient (Wildman–Crippen LogP) is 2.46. The Morgan fingerprint density at radius 2 is 1.55 bits per heavy atom. The molecule has 0 saturated heterocycles. The van der Waals surface area contributed by atoms with E-state index >= 15 is 0 Å². The Balaban J connectivity index is 3.05. The van der Waals surface area contributed by atoms with Crippen molar-refractivity contribution in [2.75, 3.05) is 0 Å². The molecule has 0 aromatic heterocycles. The van der Waals surface area contributed by atoms with Crippen molar-refractivity contribution in [3.8, 4) is 0 Å². The normalized spacial score (nSPS) is 15.8. The van der Waals surface area contributed by atoms with Crippen molar-refractivity contribution in [2.45, 2.75) is 44.3 Å². The molecule has 7 heteroatoms. The molecule has 0 N–H and O–H groups in total. The summed E-state index contributed by atoms with van der Waals surface area (Å²) in [7, 11) is -8.48. The fourth-order valence-corrected chi connectivity index (χ4v) is 4.59. The van der Waals surface area contributed by atoms with E-state index in [1.165, 1.54) is 19.1 Å². The second-order valence-electron chi connectivity index (χ2n) is 4.92. The predicted molar refractivity (Wildman–Crippen MR) is 77.3 cm³/mol. The van der Waals surface area contributed by atoms with Crippen LogP contribution in [0.25, 0.3) is 0 Å². The highest BCUT2D eigenvalue weighted by atomic mass is 32.3. The minimum absolute atomic E-state index is 0.164. The molecule has 0 heterocycles. The number of rotatable bonds is 6. The smallest absolute Gasteiger partial charge is 0.198 e. The number of hydrogen-bond donors (Lipinski definition) is 0. The zero-order chi connectivity index (χ0) is 15.6. The molecule has 0 fully saturated rings. The fourth-order valence-electron chi connectivity index (χ4n) is 1.55. The van der Waals surface area contributed by atoms with E-state index in [2.05, 4.69) is 3.63 Å². The Labute approximate surface area is 121 Å². The molecule has 0 amide bonds. The molecular weight excluding hydrogens is 300 g/mol. The van der Waals surface area contributed by atoms with Gasteiger partial charge in [-0.25, -0.2) is 0 Å². The molecule has 1 aromatic rings. The van der Waals surface area contributed by atoms with Crippen molar-refractivity contribution in [1.29, 1.82) is 0 Å². The zero-order valence-electron chi connectivity index (χ0n) is 12.0. The molecule has 0 bridgehead atoms. The van der Waals surface area contributed by atoms with Gasteiger partial charge in [-0.1, -0.05) is 38.0 Å². The van der Waals surface area contributed by atoms with E-state index in [1.807, 2.05) is 6.92 Å². The molecule has 1 rings (SSSR count). The largest absolute Gasteiger partial charge is 0.311 e. The summed E-state index contributed by atoms with van der Waals surface area (Å²) in [5.41, 5.74) is 0.875. The van der Waals surface area contributed by atoms with Crippen LogP contribution in [0.1, 0.15) is 32.8 Å². The zero-order valence-corrected chi connectivity index (χ0v) is 13.7. The molecule has 20 heavy (non-hydrogen) atoms. The van der Waals surface area contributed by atoms with Gasteiger partial charge in [0.25, 0.3) is 10.1 Å². The highest BCUT2D eigenvalue weighted by Crippen LogP contribution is 2.22. The van der Waals surface area contributed by atoms with Crippen LogP contribution in [-0.2, 0) is 23.9 Å². The highest BCUT2D eigenvalue weighted by molar-refractivity contribution is 8.00. The average Bonchev–Trinajstić information content (AvgIpc) is 2.36. The first-order valence-electron chi connectivity index (χ1n) is 6.36.